The molecule has 6 rings (SSSR count). The van der Waals surface area contributed by atoms with Gasteiger partial charge >= 0.3 is 0 Å². The maximum atomic E-state index is 13.7. The van der Waals surface area contributed by atoms with Gasteiger partial charge in [0, 0.05) is 53.6 Å². The summed E-state index contributed by atoms with van der Waals surface area (Å²) < 4.78 is 8.23. The van der Waals surface area contributed by atoms with Gasteiger partial charge in [0.25, 0.3) is 0 Å². The second-order valence-corrected chi connectivity index (χ2v) is 13.0. The van der Waals surface area contributed by atoms with Crippen molar-refractivity contribution in [2.45, 2.75) is 95.7 Å². The monoisotopic (exact) mass is 577 g/mol. The van der Waals surface area contributed by atoms with Crippen LogP contribution in [0.1, 0.15) is 86.8 Å². The van der Waals surface area contributed by atoms with Crippen LogP contribution < -0.4 is 15.8 Å². The van der Waals surface area contributed by atoms with Crippen molar-refractivity contribution < 1.29 is 9.53 Å². The Kier molecular flexibility index (Phi) is 9.18. The van der Waals surface area contributed by atoms with Gasteiger partial charge in [-0.2, -0.15) is 0 Å². The van der Waals surface area contributed by atoms with Gasteiger partial charge in [-0.05, 0) is 86.3 Å². The lowest BCUT2D eigenvalue weighted by Gasteiger charge is -2.27. The molecule has 1 aromatic heterocycles. The van der Waals surface area contributed by atoms with E-state index in [0.29, 0.717) is 12.3 Å². The zero-order valence-corrected chi connectivity index (χ0v) is 25.9. The third-order valence-corrected chi connectivity index (χ3v) is 9.86. The Hall–Kier alpha value is -3.57. The number of para-hydroxylation sites is 1. The summed E-state index contributed by atoms with van der Waals surface area (Å²) in [6.45, 7) is 3.16. The number of rotatable bonds is 9. The van der Waals surface area contributed by atoms with Gasteiger partial charge in [-0.15, -0.1) is 0 Å². The molecule has 2 saturated carbocycles. The van der Waals surface area contributed by atoms with Crippen molar-refractivity contribution in [3.05, 3.63) is 89.6 Å². The molecule has 0 bridgehead atoms. The van der Waals surface area contributed by atoms with Crippen molar-refractivity contribution in [1.29, 1.82) is 0 Å². The number of aromatic nitrogens is 1. The van der Waals surface area contributed by atoms with Gasteiger partial charge < -0.3 is 20.4 Å². The van der Waals surface area contributed by atoms with Crippen molar-refractivity contribution in [2.24, 2.45) is 11.7 Å². The minimum Gasteiger partial charge on any atom is -0.496 e. The number of amides is 1. The Bertz CT molecular complexity index is 1540. The van der Waals surface area contributed by atoms with Crippen LogP contribution in [0.5, 0.6) is 5.75 Å². The van der Waals surface area contributed by atoms with Crippen LogP contribution in [0.4, 0.5) is 0 Å². The van der Waals surface area contributed by atoms with Crippen LogP contribution in [0.3, 0.4) is 0 Å². The number of nitrogens with zero attached hydrogens (tertiary/aromatic N) is 1. The maximum absolute atomic E-state index is 13.7. The van der Waals surface area contributed by atoms with Crippen molar-refractivity contribution in [3.8, 4) is 16.9 Å². The van der Waals surface area contributed by atoms with Crippen LogP contribution in [0, 0.1) is 12.8 Å². The lowest BCUT2D eigenvalue weighted by molar-refractivity contribution is -0.122. The standard InChI is InChI=1S/C38H47N3O2/c1-26-9-8-12-28(21-26)33(23-38(42)40-31-18-16-30(39)17-19-31)35-25-41(24-27-10-4-3-5-11-27)36-20-15-29(22-34(35)36)32-13-6-7-14-37(32)43-2/h6-9,12-15,20-22,25,27,30-31,33H,3-5,10-11,16-19,23-24,39H2,1-2H3,(H,40,42)/t30-,31-,33?. The highest BCUT2D eigenvalue weighted by atomic mass is 16.5. The largest absolute Gasteiger partial charge is 0.496 e. The number of aryl methyl sites for hydroxylation is 1. The molecule has 2 aliphatic carbocycles. The summed E-state index contributed by atoms with van der Waals surface area (Å²) in [7, 11) is 1.73. The third kappa shape index (κ3) is 6.83. The van der Waals surface area contributed by atoms with E-state index < -0.39 is 0 Å². The number of carbonyl (C=O) groups excluding carboxylic acids is 1. The highest BCUT2D eigenvalue weighted by molar-refractivity contribution is 5.91. The molecule has 1 heterocycles. The smallest absolute Gasteiger partial charge is 0.221 e. The number of ether oxygens (including phenoxy) is 1. The predicted molar refractivity (Wildman–Crippen MR) is 177 cm³/mol. The first-order valence-electron chi connectivity index (χ1n) is 16.4. The zero-order chi connectivity index (χ0) is 29.8. The molecule has 43 heavy (non-hydrogen) atoms. The van der Waals surface area contributed by atoms with Crippen LogP contribution in [-0.4, -0.2) is 29.7 Å². The first-order chi connectivity index (χ1) is 21.0. The van der Waals surface area contributed by atoms with E-state index in [1.54, 1.807) is 7.11 Å². The summed E-state index contributed by atoms with van der Waals surface area (Å²) >= 11 is 0. The molecule has 0 aliphatic heterocycles. The van der Waals surface area contributed by atoms with Gasteiger partial charge in [0.15, 0.2) is 0 Å². The molecular formula is C38H47N3O2. The number of nitrogens with one attached hydrogen (secondary N) is 1. The lowest BCUT2D eigenvalue weighted by Crippen LogP contribution is -2.40. The number of methoxy groups -OCH3 is 1. The topological polar surface area (TPSA) is 69.3 Å². The molecule has 3 aromatic carbocycles. The minimum absolute atomic E-state index is 0.0474. The summed E-state index contributed by atoms with van der Waals surface area (Å²) in [5, 5.41) is 4.60. The molecule has 5 heteroatoms. The van der Waals surface area contributed by atoms with Crippen LogP contribution in [0.2, 0.25) is 0 Å². The highest BCUT2D eigenvalue weighted by Gasteiger charge is 2.27. The molecule has 0 radical (unpaired) electrons. The Labute approximate surface area is 256 Å². The number of hydrogen-bond donors (Lipinski definition) is 2. The molecule has 2 fully saturated rings. The first-order valence-corrected chi connectivity index (χ1v) is 16.4. The average molecular weight is 578 g/mol. The van der Waals surface area contributed by atoms with Gasteiger partial charge in [0.05, 0.1) is 7.11 Å². The quantitative estimate of drug-likeness (QED) is 0.211. The number of nitrogens with two attached hydrogens (primary N) is 1. The van der Waals surface area contributed by atoms with Gasteiger partial charge in [0.2, 0.25) is 5.91 Å². The molecule has 1 atom stereocenters. The predicted octanol–water partition coefficient (Wildman–Crippen LogP) is 8.11. The van der Waals surface area contributed by atoms with Crippen molar-refractivity contribution in [3.63, 3.8) is 0 Å². The lowest BCUT2D eigenvalue weighted by atomic mass is 9.86. The molecular weight excluding hydrogens is 530 g/mol. The van der Waals surface area contributed by atoms with Crippen LogP contribution >= 0.6 is 0 Å². The summed E-state index contributed by atoms with van der Waals surface area (Å²) in [6, 6.07) is 24.2. The summed E-state index contributed by atoms with van der Waals surface area (Å²) in [6.07, 6.45) is 13.3. The van der Waals surface area contributed by atoms with E-state index in [0.717, 1.165) is 49.1 Å². The van der Waals surface area contributed by atoms with E-state index in [-0.39, 0.29) is 23.9 Å². The molecule has 2 aliphatic rings. The molecule has 0 spiro atoms. The van der Waals surface area contributed by atoms with Crippen molar-refractivity contribution >= 4 is 16.8 Å². The fraction of sp³-hybridized carbons (Fsp3) is 0.447. The van der Waals surface area contributed by atoms with E-state index in [1.165, 1.54) is 59.7 Å². The molecule has 1 amide bonds. The van der Waals surface area contributed by atoms with Crippen LogP contribution in [0.25, 0.3) is 22.0 Å². The SMILES string of the molecule is COc1ccccc1-c1ccc2c(c1)c(C(CC(=O)N[C@H]1CC[C@H](N)CC1)c1cccc(C)c1)cn2CC1CCCCC1. The molecule has 3 N–H and O–H groups in total. The summed E-state index contributed by atoms with van der Waals surface area (Å²) in [4.78, 5) is 13.7. The number of fused-ring (bicyclic) bond motifs is 1. The second kappa shape index (κ2) is 13.4. The fourth-order valence-electron chi connectivity index (χ4n) is 7.48. The molecule has 226 valence electrons. The highest BCUT2D eigenvalue weighted by Crippen LogP contribution is 2.39. The summed E-state index contributed by atoms with van der Waals surface area (Å²) in [5.74, 6) is 1.64. The Morgan fingerprint density at radius 3 is 2.51 bits per heavy atom. The molecule has 4 aromatic rings. The normalized spacial score (nSPS) is 20.2. The maximum Gasteiger partial charge on any atom is 0.221 e. The third-order valence-electron chi connectivity index (χ3n) is 9.86. The van der Waals surface area contributed by atoms with Gasteiger partial charge in [-0.1, -0.05) is 73.4 Å². The Balaban J connectivity index is 1.42. The van der Waals surface area contributed by atoms with E-state index in [1.807, 2.05) is 12.1 Å². The van der Waals surface area contributed by atoms with Crippen molar-refractivity contribution in [1.82, 2.24) is 9.88 Å². The van der Waals surface area contributed by atoms with Crippen LogP contribution in [0.15, 0.2) is 72.9 Å². The first kappa shape index (κ1) is 29.5. The average Bonchev–Trinajstić information content (AvgIpc) is 3.38. The summed E-state index contributed by atoms with van der Waals surface area (Å²) in [5.41, 5.74) is 13.2. The Morgan fingerprint density at radius 2 is 1.74 bits per heavy atom. The van der Waals surface area contributed by atoms with E-state index in [2.05, 4.69) is 77.6 Å². The molecule has 0 saturated heterocycles. The number of benzene rings is 3. The van der Waals surface area contributed by atoms with E-state index >= 15 is 0 Å². The second-order valence-electron chi connectivity index (χ2n) is 13.0. The van der Waals surface area contributed by atoms with E-state index in [4.69, 9.17) is 10.5 Å². The van der Waals surface area contributed by atoms with Gasteiger partial charge in [-0.3, -0.25) is 4.79 Å². The van der Waals surface area contributed by atoms with Crippen molar-refractivity contribution in [2.75, 3.05) is 7.11 Å². The minimum atomic E-state index is -0.0474. The Morgan fingerprint density at radius 1 is 0.953 bits per heavy atom. The van der Waals surface area contributed by atoms with Gasteiger partial charge in [-0.25, -0.2) is 0 Å². The molecule has 1 unspecified atom stereocenters. The fourth-order valence-corrected chi connectivity index (χ4v) is 7.48. The van der Waals surface area contributed by atoms with Crippen LogP contribution in [-0.2, 0) is 11.3 Å². The number of hydrogen-bond acceptors (Lipinski definition) is 3. The molecule has 5 nitrogen and oxygen atoms in total. The zero-order valence-electron chi connectivity index (χ0n) is 25.9. The van der Waals surface area contributed by atoms with Gasteiger partial charge in [0.1, 0.15) is 5.75 Å². The van der Waals surface area contributed by atoms with E-state index in [9.17, 15) is 4.79 Å². The number of carbonyl (C=O) groups is 1.